The van der Waals surface area contributed by atoms with Gasteiger partial charge in [0.05, 0.1) is 0 Å². The van der Waals surface area contributed by atoms with E-state index >= 15 is 0 Å². The van der Waals surface area contributed by atoms with Crippen LogP contribution in [0.5, 0.6) is 0 Å². The van der Waals surface area contributed by atoms with Crippen molar-refractivity contribution in [1.82, 2.24) is 25.5 Å². The van der Waals surface area contributed by atoms with Gasteiger partial charge in [-0.15, -0.1) is 5.10 Å². The molecule has 0 aliphatic carbocycles. The van der Waals surface area contributed by atoms with Crippen molar-refractivity contribution in [2.24, 2.45) is 7.05 Å². The number of benzene rings is 1. The molecule has 1 aromatic heterocycles. The first-order valence-corrected chi connectivity index (χ1v) is 7.55. The van der Waals surface area contributed by atoms with Gasteiger partial charge >= 0.3 is 0 Å². The van der Waals surface area contributed by atoms with Crippen LogP contribution >= 0.6 is 0 Å². The first-order valence-electron chi connectivity index (χ1n) is 7.55. The number of hydrogen-bond acceptors (Lipinski definition) is 5. The maximum absolute atomic E-state index is 4.05. The van der Waals surface area contributed by atoms with E-state index in [9.17, 15) is 0 Å². The highest BCUT2D eigenvalue weighted by molar-refractivity contribution is 5.62. The average molecular weight is 286 g/mol. The molecule has 0 amide bonds. The first-order chi connectivity index (χ1) is 10.2. The van der Waals surface area contributed by atoms with E-state index in [1.54, 1.807) is 4.68 Å². The highest BCUT2D eigenvalue weighted by atomic mass is 15.5. The number of rotatable bonds is 5. The van der Waals surface area contributed by atoms with Crippen molar-refractivity contribution in [2.45, 2.75) is 38.3 Å². The van der Waals surface area contributed by atoms with E-state index in [4.69, 9.17) is 0 Å². The molecular weight excluding hydrogens is 264 g/mol. The Morgan fingerprint density at radius 1 is 1.48 bits per heavy atom. The van der Waals surface area contributed by atoms with Gasteiger partial charge in [-0.2, -0.15) is 0 Å². The van der Waals surface area contributed by atoms with Crippen LogP contribution in [0, 0.1) is 0 Å². The minimum Gasteiger partial charge on any atom is -0.383 e. The SMILES string of the molecule is CC(CC1CCCN1)Nc1cccc(-c2nnnn2C)c1. The zero-order chi connectivity index (χ0) is 14.7. The zero-order valence-corrected chi connectivity index (χ0v) is 12.6. The average Bonchev–Trinajstić information content (AvgIpc) is 3.10. The molecule has 3 rings (SSSR count). The van der Waals surface area contributed by atoms with Gasteiger partial charge in [0.1, 0.15) is 0 Å². The second-order valence-corrected chi connectivity index (χ2v) is 5.78. The molecule has 1 aliphatic rings. The predicted molar refractivity (Wildman–Crippen MR) is 83.0 cm³/mol. The fraction of sp³-hybridized carbons (Fsp3) is 0.533. The van der Waals surface area contributed by atoms with Crippen LogP contribution in [0.1, 0.15) is 26.2 Å². The summed E-state index contributed by atoms with van der Waals surface area (Å²) in [5.74, 6) is 0.781. The van der Waals surface area contributed by atoms with E-state index in [-0.39, 0.29) is 0 Å². The van der Waals surface area contributed by atoms with Crippen LogP contribution in [-0.4, -0.2) is 38.8 Å². The Kier molecular flexibility index (Phi) is 4.15. The number of tetrazole rings is 1. The molecular formula is C15H22N6. The van der Waals surface area contributed by atoms with Crippen LogP contribution in [0.3, 0.4) is 0 Å². The summed E-state index contributed by atoms with van der Waals surface area (Å²) in [7, 11) is 1.85. The van der Waals surface area contributed by atoms with Gasteiger partial charge < -0.3 is 10.6 Å². The molecule has 1 aliphatic heterocycles. The summed E-state index contributed by atoms with van der Waals surface area (Å²) < 4.78 is 1.69. The van der Waals surface area contributed by atoms with Crippen molar-refractivity contribution in [3.63, 3.8) is 0 Å². The molecule has 0 radical (unpaired) electrons. The molecule has 2 N–H and O–H groups in total. The molecule has 21 heavy (non-hydrogen) atoms. The number of aromatic nitrogens is 4. The quantitative estimate of drug-likeness (QED) is 0.877. The molecule has 0 saturated carbocycles. The van der Waals surface area contributed by atoms with Gasteiger partial charge in [-0.3, -0.25) is 0 Å². The summed E-state index contributed by atoms with van der Waals surface area (Å²) in [5.41, 5.74) is 2.14. The van der Waals surface area contributed by atoms with E-state index in [1.807, 2.05) is 19.2 Å². The summed E-state index contributed by atoms with van der Waals surface area (Å²) in [4.78, 5) is 0. The Morgan fingerprint density at radius 3 is 3.10 bits per heavy atom. The molecule has 2 heterocycles. The summed E-state index contributed by atoms with van der Waals surface area (Å²) in [5, 5.41) is 18.7. The molecule has 112 valence electrons. The summed E-state index contributed by atoms with van der Waals surface area (Å²) in [6.07, 6.45) is 3.73. The third-order valence-electron chi connectivity index (χ3n) is 3.95. The van der Waals surface area contributed by atoms with Gasteiger partial charge in [-0.05, 0) is 55.3 Å². The molecule has 6 nitrogen and oxygen atoms in total. The van der Waals surface area contributed by atoms with Crippen molar-refractivity contribution in [3.05, 3.63) is 24.3 Å². The summed E-state index contributed by atoms with van der Waals surface area (Å²) >= 11 is 0. The highest BCUT2D eigenvalue weighted by Crippen LogP contribution is 2.21. The Bertz CT molecular complexity index is 587. The number of hydrogen-bond donors (Lipinski definition) is 2. The van der Waals surface area contributed by atoms with Crippen molar-refractivity contribution < 1.29 is 0 Å². The van der Waals surface area contributed by atoms with E-state index in [2.05, 4.69) is 45.2 Å². The van der Waals surface area contributed by atoms with Crippen LogP contribution in [0.25, 0.3) is 11.4 Å². The third-order valence-corrected chi connectivity index (χ3v) is 3.95. The lowest BCUT2D eigenvalue weighted by Gasteiger charge is -2.19. The predicted octanol–water partition coefficient (Wildman–Crippen LogP) is 1.82. The minimum atomic E-state index is 0.438. The molecule has 1 saturated heterocycles. The van der Waals surface area contributed by atoms with Crippen LogP contribution in [0.4, 0.5) is 5.69 Å². The van der Waals surface area contributed by atoms with Crippen LogP contribution in [0.15, 0.2) is 24.3 Å². The smallest absolute Gasteiger partial charge is 0.181 e. The minimum absolute atomic E-state index is 0.438. The largest absolute Gasteiger partial charge is 0.383 e. The van der Waals surface area contributed by atoms with Gasteiger partial charge in [0.2, 0.25) is 0 Å². The molecule has 1 fully saturated rings. The molecule has 0 spiro atoms. The number of nitrogens with one attached hydrogen (secondary N) is 2. The standard InChI is InChI=1S/C15H22N6/c1-11(9-13-7-4-8-16-13)17-14-6-3-5-12(10-14)15-18-19-20-21(15)2/h3,5-6,10-11,13,16-17H,4,7-9H2,1-2H3. The Morgan fingerprint density at radius 2 is 2.38 bits per heavy atom. The molecule has 0 bridgehead atoms. The second-order valence-electron chi connectivity index (χ2n) is 5.78. The van der Waals surface area contributed by atoms with Crippen LogP contribution in [-0.2, 0) is 7.05 Å². The monoisotopic (exact) mass is 286 g/mol. The maximum atomic E-state index is 4.05. The molecule has 1 aromatic carbocycles. The molecule has 2 aromatic rings. The summed E-state index contributed by atoms with van der Waals surface area (Å²) in [6.45, 7) is 3.39. The van der Waals surface area contributed by atoms with E-state index < -0.39 is 0 Å². The molecule has 6 heteroatoms. The van der Waals surface area contributed by atoms with Crippen molar-refractivity contribution in [2.75, 3.05) is 11.9 Å². The number of nitrogens with zero attached hydrogens (tertiary/aromatic N) is 4. The van der Waals surface area contributed by atoms with Gasteiger partial charge in [0.25, 0.3) is 0 Å². The van der Waals surface area contributed by atoms with Crippen LogP contribution in [0.2, 0.25) is 0 Å². The van der Waals surface area contributed by atoms with Gasteiger partial charge in [-0.1, -0.05) is 12.1 Å². The maximum Gasteiger partial charge on any atom is 0.181 e. The molecule has 2 unspecified atom stereocenters. The lowest BCUT2D eigenvalue weighted by molar-refractivity contribution is 0.523. The van der Waals surface area contributed by atoms with Gasteiger partial charge in [0, 0.05) is 30.4 Å². The van der Waals surface area contributed by atoms with E-state index in [0.717, 1.165) is 30.0 Å². The normalized spacial score (nSPS) is 19.6. The molecule has 2 atom stereocenters. The van der Waals surface area contributed by atoms with Crippen molar-refractivity contribution >= 4 is 5.69 Å². The number of anilines is 1. The fourth-order valence-electron chi connectivity index (χ4n) is 2.95. The van der Waals surface area contributed by atoms with Crippen molar-refractivity contribution in [3.8, 4) is 11.4 Å². The fourth-order valence-corrected chi connectivity index (χ4v) is 2.95. The number of aryl methyl sites for hydroxylation is 1. The topological polar surface area (TPSA) is 67.7 Å². The van der Waals surface area contributed by atoms with Gasteiger partial charge in [0.15, 0.2) is 5.82 Å². The lowest BCUT2D eigenvalue weighted by Crippen LogP contribution is -2.29. The van der Waals surface area contributed by atoms with Gasteiger partial charge in [-0.25, -0.2) is 4.68 Å². The highest BCUT2D eigenvalue weighted by Gasteiger charge is 2.17. The Hall–Kier alpha value is -1.95. The van der Waals surface area contributed by atoms with E-state index in [1.165, 1.54) is 12.8 Å². The summed E-state index contributed by atoms with van der Waals surface area (Å²) in [6, 6.07) is 9.34. The van der Waals surface area contributed by atoms with Crippen molar-refractivity contribution in [1.29, 1.82) is 0 Å². The lowest BCUT2D eigenvalue weighted by atomic mass is 10.1. The van der Waals surface area contributed by atoms with Crippen LogP contribution < -0.4 is 10.6 Å². The Labute approximate surface area is 124 Å². The second kappa shape index (κ2) is 6.22. The Balaban J connectivity index is 1.67. The zero-order valence-electron chi connectivity index (χ0n) is 12.6. The van der Waals surface area contributed by atoms with E-state index in [0.29, 0.717) is 12.1 Å². The first kappa shape index (κ1) is 14.0. The third kappa shape index (κ3) is 3.39.